The Morgan fingerprint density at radius 1 is 1.28 bits per heavy atom. The number of nitrogens with zero attached hydrogens (tertiary/aromatic N) is 1. The molecule has 0 aromatic heterocycles. The third kappa shape index (κ3) is 8.00. The molecule has 1 aromatic rings. The second kappa shape index (κ2) is 9.39. The maximum atomic E-state index is 12.0. The highest BCUT2D eigenvalue weighted by atomic mass is 16.8. The van der Waals surface area contributed by atoms with Crippen molar-refractivity contribution >= 4 is 12.1 Å². The zero-order valence-corrected chi connectivity index (χ0v) is 15.1. The largest absolute Gasteiger partial charge is 0.444 e. The van der Waals surface area contributed by atoms with Gasteiger partial charge in [0.1, 0.15) is 6.61 Å². The number of guanidine groups is 1. The zero-order valence-electron chi connectivity index (χ0n) is 15.1. The van der Waals surface area contributed by atoms with Gasteiger partial charge in [-0.25, -0.2) is 20.1 Å². The summed E-state index contributed by atoms with van der Waals surface area (Å²) in [6.45, 7) is 6.61. The average molecular weight is 349 g/mol. The lowest BCUT2D eigenvalue weighted by atomic mass is 10.1. The van der Waals surface area contributed by atoms with Gasteiger partial charge in [0.25, 0.3) is 0 Å². The van der Waals surface area contributed by atoms with Crippen LogP contribution >= 0.6 is 0 Å². The molecule has 1 aliphatic heterocycles. The molecule has 1 aliphatic rings. The molecule has 1 saturated heterocycles. The van der Waals surface area contributed by atoms with E-state index < -0.39 is 11.6 Å². The van der Waals surface area contributed by atoms with E-state index in [1.165, 1.54) is 0 Å². The Hall–Kier alpha value is -2.12. The second-order valence-electron chi connectivity index (χ2n) is 6.83. The molecule has 25 heavy (non-hydrogen) atoms. The summed E-state index contributed by atoms with van der Waals surface area (Å²) in [6.07, 6.45) is 1.93. The second-order valence-corrected chi connectivity index (χ2v) is 6.83. The fourth-order valence-corrected chi connectivity index (χ4v) is 2.19. The molecule has 138 valence electrons. The molecule has 0 aliphatic carbocycles. The number of alkyl carbamates (subject to hydrolysis) is 1. The molecule has 1 unspecified atom stereocenters. The first-order valence-electron chi connectivity index (χ1n) is 8.53. The number of benzene rings is 1. The number of rotatable bonds is 4. The fraction of sp³-hybridized carbons (Fsp3) is 0.556. The van der Waals surface area contributed by atoms with Gasteiger partial charge in [0.15, 0.2) is 6.29 Å². The van der Waals surface area contributed by atoms with Crippen LogP contribution in [0.5, 0.6) is 0 Å². The summed E-state index contributed by atoms with van der Waals surface area (Å²) >= 11 is 0. The summed E-state index contributed by atoms with van der Waals surface area (Å²) in [5.41, 5.74) is 3.20. The lowest BCUT2D eigenvalue weighted by Gasteiger charge is -2.24. The zero-order chi connectivity index (χ0) is 18.1. The summed E-state index contributed by atoms with van der Waals surface area (Å²) in [7, 11) is 0. The van der Waals surface area contributed by atoms with Crippen molar-refractivity contribution < 1.29 is 19.1 Å². The van der Waals surface area contributed by atoms with Gasteiger partial charge in [-0.3, -0.25) is 5.32 Å². The standard InChI is InChI=1S/C18H27N3O4/c1-18(2,3)20-16(21-25-15-11-7-8-12-23-15)19-17(22)24-13-14-9-5-4-6-10-14/h4-6,9-10,15H,7-8,11-13H2,1-3H3,(H2,19,20,21,22). The number of hydrogen-bond donors (Lipinski definition) is 2. The van der Waals surface area contributed by atoms with Gasteiger partial charge in [-0.2, -0.15) is 0 Å². The van der Waals surface area contributed by atoms with Crippen LogP contribution in [0.1, 0.15) is 45.6 Å². The monoisotopic (exact) mass is 349 g/mol. The summed E-state index contributed by atoms with van der Waals surface area (Å²) in [5.74, 6) is 0.194. The number of aliphatic imine (C=N–C) groups is 1. The maximum Gasteiger partial charge on any atom is 0.414 e. The lowest BCUT2D eigenvalue weighted by molar-refractivity contribution is -0.183. The Bertz CT molecular complexity index is 563. The molecule has 1 aromatic carbocycles. The van der Waals surface area contributed by atoms with Gasteiger partial charge in [-0.15, -0.1) is 0 Å². The van der Waals surface area contributed by atoms with Crippen LogP contribution in [0, 0.1) is 0 Å². The van der Waals surface area contributed by atoms with Crippen molar-refractivity contribution in [3.63, 3.8) is 0 Å². The van der Waals surface area contributed by atoms with Crippen molar-refractivity contribution in [1.82, 2.24) is 10.8 Å². The molecule has 2 rings (SSSR count). The van der Waals surface area contributed by atoms with Crippen molar-refractivity contribution in [3.05, 3.63) is 35.9 Å². The minimum atomic E-state index is -0.604. The minimum absolute atomic E-state index is 0.183. The number of ether oxygens (including phenoxy) is 2. The number of nitrogens with one attached hydrogen (secondary N) is 2. The Morgan fingerprint density at radius 3 is 2.68 bits per heavy atom. The van der Waals surface area contributed by atoms with Gasteiger partial charge in [0.05, 0.1) is 5.54 Å². The Labute approximate surface area is 148 Å². The highest BCUT2D eigenvalue weighted by Gasteiger charge is 2.18. The predicted octanol–water partition coefficient (Wildman–Crippen LogP) is 3.12. The van der Waals surface area contributed by atoms with Crippen molar-refractivity contribution in [1.29, 1.82) is 0 Å². The molecule has 1 heterocycles. The number of hydrogen-bond acceptors (Lipinski definition) is 5. The van der Waals surface area contributed by atoms with Crippen molar-refractivity contribution in [3.8, 4) is 0 Å². The first-order chi connectivity index (χ1) is 11.9. The van der Waals surface area contributed by atoms with Crippen LogP contribution in [0.2, 0.25) is 0 Å². The highest BCUT2D eigenvalue weighted by molar-refractivity contribution is 5.93. The first-order valence-corrected chi connectivity index (χ1v) is 8.53. The molecular weight excluding hydrogens is 322 g/mol. The quantitative estimate of drug-likeness (QED) is 0.496. The molecule has 7 nitrogen and oxygen atoms in total. The SMILES string of the molecule is CC(C)(C)N=C(NOC1CCCCO1)NC(=O)OCc1ccccc1. The van der Waals surface area contributed by atoms with Crippen LogP contribution in [0.4, 0.5) is 4.79 Å². The molecule has 1 atom stereocenters. The molecule has 7 heteroatoms. The van der Waals surface area contributed by atoms with Gasteiger partial charge in [0, 0.05) is 13.0 Å². The van der Waals surface area contributed by atoms with E-state index in [-0.39, 0.29) is 18.9 Å². The van der Waals surface area contributed by atoms with Crippen LogP contribution in [0.3, 0.4) is 0 Å². The molecule has 1 amide bonds. The van der Waals surface area contributed by atoms with Crippen LogP contribution < -0.4 is 10.8 Å². The van der Waals surface area contributed by atoms with Crippen LogP contribution in [-0.2, 0) is 20.9 Å². The van der Waals surface area contributed by atoms with E-state index in [1.54, 1.807) is 0 Å². The van der Waals surface area contributed by atoms with E-state index in [0.717, 1.165) is 24.8 Å². The predicted molar refractivity (Wildman–Crippen MR) is 94.8 cm³/mol. The molecule has 0 saturated carbocycles. The van der Waals surface area contributed by atoms with Crippen LogP contribution in [0.15, 0.2) is 35.3 Å². The van der Waals surface area contributed by atoms with Gasteiger partial charge in [0.2, 0.25) is 5.96 Å². The topological polar surface area (TPSA) is 81.2 Å². The lowest BCUT2D eigenvalue weighted by Crippen LogP contribution is -2.45. The first kappa shape index (κ1) is 19.2. The number of carbonyl (C=O) groups excluding carboxylic acids is 1. The number of hydroxylamine groups is 1. The molecule has 0 spiro atoms. The van der Waals surface area contributed by atoms with E-state index in [0.29, 0.717) is 6.61 Å². The molecule has 1 fully saturated rings. The number of amides is 1. The van der Waals surface area contributed by atoms with Crippen molar-refractivity contribution in [2.24, 2.45) is 4.99 Å². The molecule has 2 N–H and O–H groups in total. The van der Waals surface area contributed by atoms with Gasteiger partial charge in [-0.05, 0) is 39.2 Å². The molecule has 0 radical (unpaired) electrons. The van der Waals surface area contributed by atoms with E-state index in [2.05, 4.69) is 15.8 Å². The Balaban J connectivity index is 1.86. The van der Waals surface area contributed by atoms with Crippen molar-refractivity contribution in [2.45, 2.75) is 58.5 Å². The summed E-state index contributed by atoms with van der Waals surface area (Å²) in [6, 6.07) is 9.47. The maximum absolute atomic E-state index is 12.0. The summed E-state index contributed by atoms with van der Waals surface area (Å²) < 4.78 is 10.7. The van der Waals surface area contributed by atoms with Gasteiger partial charge >= 0.3 is 6.09 Å². The van der Waals surface area contributed by atoms with E-state index >= 15 is 0 Å². The normalized spacial score (nSPS) is 18.5. The van der Waals surface area contributed by atoms with E-state index in [1.807, 2.05) is 51.1 Å². The van der Waals surface area contributed by atoms with E-state index in [9.17, 15) is 4.79 Å². The summed E-state index contributed by atoms with van der Waals surface area (Å²) in [5, 5.41) is 2.58. The average Bonchev–Trinajstić information content (AvgIpc) is 2.58. The molecular formula is C18H27N3O4. The summed E-state index contributed by atoms with van der Waals surface area (Å²) in [4.78, 5) is 21.9. The Morgan fingerprint density at radius 2 is 2.04 bits per heavy atom. The van der Waals surface area contributed by atoms with Crippen molar-refractivity contribution in [2.75, 3.05) is 6.61 Å². The minimum Gasteiger partial charge on any atom is -0.444 e. The molecule has 0 bridgehead atoms. The van der Waals surface area contributed by atoms with Gasteiger partial charge < -0.3 is 9.47 Å². The Kier molecular flexibility index (Phi) is 7.21. The smallest absolute Gasteiger partial charge is 0.414 e. The fourth-order valence-electron chi connectivity index (χ4n) is 2.19. The van der Waals surface area contributed by atoms with Crippen LogP contribution in [0.25, 0.3) is 0 Å². The highest BCUT2D eigenvalue weighted by Crippen LogP contribution is 2.12. The third-order valence-electron chi connectivity index (χ3n) is 3.31. The third-order valence-corrected chi connectivity index (χ3v) is 3.31. The van der Waals surface area contributed by atoms with Crippen LogP contribution in [-0.4, -0.2) is 30.5 Å². The van der Waals surface area contributed by atoms with Gasteiger partial charge in [-0.1, -0.05) is 30.3 Å². The number of carbonyl (C=O) groups is 1. The van der Waals surface area contributed by atoms with E-state index in [4.69, 9.17) is 14.3 Å².